The number of imidazole rings is 1. The Labute approximate surface area is 181 Å². The Balaban J connectivity index is 1.57. The number of ether oxygens (including phenoxy) is 1. The van der Waals surface area contributed by atoms with Crippen LogP contribution in [-0.4, -0.2) is 33.9 Å². The van der Waals surface area contributed by atoms with Gasteiger partial charge in [-0.05, 0) is 55.8 Å². The van der Waals surface area contributed by atoms with Crippen LogP contribution in [0.5, 0.6) is 5.75 Å². The molecule has 1 atom stereocenters. The first-order chi connectivity index (χ1) is 15.0. The summed E-state index contributed by atoms with van der Waals surface area (Å²) in [6.45, 7) is 3.99. The quantitative estimate of drug-likeness (QED) is 0.443. The van der Waals surface area contributed by atoms with Crippen molar-refractivity contribution in [1.82, 2.24) is 19.7 Å². The number of methoxy groups -OCH3 is 1. The van der Waals surface area contributed by atoms with Crippen LogP contribution in [0.2, 0.25) is 0 Å². The molecule has 0 spiro atoms. The molecule has 4 rings (SSSR count). The van der Waals surface area contributed by atoms with Gasteiger partial charge in [0.15, 0.2) is 5.82 Å². The molecule has 7 heteroatoms. The maximum Gasteiger partial charge on any atom is 0.151 e. The lowest BCUT2D eigenvalue weighted by Gasteiger charge is -2.26. The molecule has 0 N–H and O–H groups in total. The van der Waals surface area contributed by atoms with Gasteiger partial charge in [-0.3, -0.25) is 0 Å². The fourth-order valence-corrected chi connectivity index (χ4v) is 3.43. The summed E-state index contributed by atoms with van der Waals surface area (Å²) in [6.07, 6.45) is 3.71. The normalized spacial score (nSPS) is 11.9. The Bertz CT molecular complexity index is 1170. The molecular weight excluding hydrogens is 393 g/mol. The van der Waals surface area contributed by atoms with Crippen molar-refractivity contribution in [3.8, 4) is 22.7 Å². The average Bonchev–Trinajstić information content (AvgIpc) is 3.24. The van der Waals surface area contributed by atoms with Crippen LogP contribution in [0.4, 0.5) is 10.2 Å². The minimum atomic E-state index is -0.243. The van der Waals surface area contributed by atoms with E-state index in [2.05, 4.69) is 15.2 Å². The van der Waals surface area contributed by atoms with E-state index in [1.807, 2.05) is 66.9 Å². The van der Waals surface area contributed by atoms with Crippen LogP contribution >= 0.6 is 0 Å². The van der Waals surface area contributed by atoms with Crippen LogP contribution in [0.3, 0.4) is 0 Å². The minimum Gasteiger partial charge on any atom is -0.495 e. The molecule has 0 aliphatic rings. The van der Waals surface area contributed by atoms with Gasteiger partial charge in [0.05, 0.1) is 36.6 Å². The molecule has 0 amide bonds. The van der Waals surface area contributed by atoms with E-state index in [0.29, 0.717) is 0 Å². The average molecular weight is 417 g/mol. The number of hydrogen-bond acceptors (Lipinski definition) is 5. The Hall–Kier alpha value is -3.74. The monoisotopic (exact) mass is 417 g/mol. The minimum absolute atomic E-state index is 0.0266. The SMILES string of the molecule is COc1cc(-c2ccc(N(C)[C@@H](C)c3ccc(F)cc3)nn2)ccc1-n1cnc(C)c1. The zero-order valence-corrected chi connectivity index (χ0v) is 18.0. The second kappa shape index (κ2) is 8.55. The molecule has 2 heterocycles. The number of halogens is 1. The predicted octanol–water partition coefficient (Wildman–Crippen LogP) is 4.98. The highest BCUT2D eigenvalue weighted by molar-refractivity contribution is 5.66. The van der Waals surface area contributed by atoms with Gasteiger partial charge >= 0.3 is 0 Å². The summed E-state index contributed by atoms with van der Waals surface area (Å²) >= 11 is 0. The van der Waals surface area contributed by atoms with Crippen LogP contribution in [0.25, 0.3) is 16.9 Å². The van der Waals surface area contributed by atoms with Crippen molar-refractivity contribution in [2.45, 2.75) is 19.9 Å². The van der Waals surface area contributed by atoms with Crippen molar-refractivity contribution in [3.05, 3.63) is 84.2 Å². The van der Waals surface area contributed by atoms with E-state index >= 15 is 0 Å². The van der Waals surface area contributed by atoms with E-state index in [1.54, 1.807) is 25.6 Å². The van der Waals surface area contributed by atoms with Crippen molar-refractivity contribution >= 4 is 5.82 Å². The molecule has 0 bridgehead atoms. The fourth-order valence-electron chi connectivity index (χ4n) is 3.43. The van der Waals surface area contributed by atoms with Crippen molar-refractivity contribution in [2.24, 2.45) is 0 Å². The number of aromatic nitrogens is 4. The highest BCUT2D eigenvalue weighted by Gasteiger charge is 2.15. The molecule has 0 saturated heterocycles. The molecule has 2 aromatic carbocycles. The van der Waals surface area contributed by atoms with Gasteiger partial charge in [-0.1, -0.05) is 18.2 Å². The fraction of sp³-hybridized carbons (Fsp3) is 0.208. The van der Waals surface area contributed by atoms with Gasteiger partial charge < -0.3 is 14.2 Å². The number of anilines is 1. The van der Waals surface area contributed by atoms with E-state index in [0.717, 1.165) is 39.8 Å². The summed E-state index contributed by atoms with van der Waals surface area (Å²) in [6, 6.07) is 16.3. The molecule has 31 heavy (non-hydrogen) atoms. The number of hydrogen-bond donors (Lipinski definition) is 0. The first kappa shape index (κ1) is 20.5. The third-order valence-electron chi connectivity index (χ3n) is 5.41. The lowest BCUT2D eigenvalue weighted by Crippen LogP contribution is -2.22. The molecule has 2 aromatic heterocycles. The molecular formula is C24H24FN5O. The van der Waals surface area contributed by atoms with E-state index in [1.165, 1.54) is 12.1 Å². The zero-order chi connectivity index (χ0) is 22.0. The first-order valence-electron chi connectivity index (χ1n) is 9.97. The molecule has 0 saturated carbocycles. The van der Waals surface area contributed by atoms with E-state index in [-0.39, 0.29) is 11.9 Å². The maximum atomic E-state index is 13.2. The molecule has 0 radical (unpaired) electrons. The Morgan fingerprint density at radius 1 is 1.03 bits per heavy atom. The molecule has 0 fully saturated rings. The summed E-state index contributed by atoms with van der Waals surface area (Å²) < 4.78 is 20.7. The van der Waals surface area contributed by atoms with Crippen molar-refractivity contribution in [2.75, 3.05) is 19.1 Å². The van der Waals surface area contributed by atoms with Crippen LogP contribution < -0.4 is 9.64 Å². The summed E-state index contributed by atoms with van der Waals surface area (Å²) in [5.41, 5.74) is 4.50. The van der Waals surface area contributed by atoms with E-state index in [4.69, 9.17) is 4.74 Å². The van der Waals surface area contributed by atoms with Gasteiger partial charge in [0.2, 0.25) is 0 Å². The number of nitrogens with zero attached hydrogens (tertiary/aromatic N) is 5. The second-order valence-corrected chi connectivity index (χ2v) is 7.42. The van der Waals surface area contributed by atoms with Crippen LogP contribution in [-0.2, 0) is 0 Å². The van der Waals surface area contributed by atoms with Gasteiger partial charge in [-0.25, -0.2) is 9.37 Å². The Kier molecular flexibility index (Phi) is 5.66. The molecule has 0 unspecified atom stereocenters. The van der Waals surface area contributed by atoms with Crippen LogP contribution in [0.1, 0.15) is 24.2 Å². The van der Waals surface area contributed by atoms with E-state index < -0.39 is 0 Å². The van der Waals surface area contributed by atoms with Gasteiger partial charge in [0.1, 0.15) is 11.6 Å². The topological polar surface area (TPSA) is 56.1 Å². The Morgan fingerprint density at radius 2 is 1.81 bits per heavy atom. The molecule has 0 aliphatic carbocycles. The van der Waals surface area contributed by atoms with Gasteiger partial charge in [0, 0.05) is 18.8 Å². The van der Waals surface area contributed by atoms with Gasteiger partial charge in [-0.15, -0.1) is 10.2 Å². The van der Waals surface area contributed by atoms with Crippen LogP contribution in [0.15, 0.2) is 67.1 Å². The highest BCUT2D eigenvalue weighted by atomic mass is 19.1. The number of benzene rings is 2. The second-order valence-electron chi connectivity index (χ2n) is 7.42. The molecule has 4 aromatic rings. The third kappa shape index (κ3) is 4.26. The molecule has 6 nitrogen and oxygen atoms in total. The van der Waals surface area contributed by atoms with Gasteiger partial charge in [0.25, 0.3) is 0 Å². The highest BCUT2D eigenvalue weighted by Crippen LogP contribution is 2.30. The van der Waals surface area contributed by atoms with Gasteiger partial charge in [-0.2, -0.15) is 0 Å². The number of rotatable bonds is 6. The molecule has 0 aliphatic heterocycles. The zero-order valence-electron chi connectivity index (χ0n) is 18.0. The molecule has 158 valence electrons. The lowest BCUT2D eigenvalue weighted by molar-refractivity contribution is 0.413. The summed E-state index contributed by atoms with van der Waals surface area (Å²) in [5.74, 6) is 1.22. The summed E-state index contributed by atoms with van der Waals surface area (Å²) in [7, 11) is 3.59. The lowest BCUT2D eigenvalue weighted by atomic mass is 10.1. The standard InChI is InChI=1S/C24H24FN5O/c1-16-14-30(15-26-16)22-11-7-19(13-23(22)31-4)21-10-12-24(28-27-21)29(3)17(2)18-5-8-20(25)9-6-18/h5-15,17H,1-4H3/t17-/m0/s1. The summed E-state index contributed by atoms with van der Waals surface area (Å²) in [4.78, 5) is 6.29. The summed E-state index contributed by atoms with van der Waals surface area (Å²) in [5, 5.41) is 8.82. The van der Waals surface area contributed by atoms with Crippen molar-refractivity contribution in [1.29, 1.82) is 0 Å². The number of aryl methyl sites for hydroxylation is 1. The van der Waals surface area contributed by atoms with Crippen molar-refractivity contribution in [3.63, 3.8) is 0 Å². The maximum absolute atomic E-state index is 13.2. The van der Waals surface area contributed by atoms with Crippen LogP contribution in [0, 0.1) is 12.7 Å². The third-order valence-corrected chi connectivity index (χ3v) is 5.41. The van der Waals surface area contributed by atoms with E-state index in [9.17, 15) is 4.39 Å². The Morgan fingerprint density at radius 3 is 2.42 bits per heavy atom. The predicted molar refractivity (Wildman–Crippen MR) is 119 cm³/mol. The first-order valence-corrected chi connectivity index (χ1v) is 9.97. The largest absolute Gasteiger partial charge is 0.495 e. The smallest absolute Gasteiger partial charge is 0.151 e. The van der Waals surface area contributed by atoms with Crippen molar-refractivity contribution < 1.29 is 9.13 Å².